The SMILES string of the molecule is CCOc1ccccc1CNC(=O)[C@H](C)Sc1ccc(=O)n(-c2ccc(C)c(Cl)c2)n1. The van der Waals surface area contributed by atoms with E-state index in [1.54, 1.807) is 25.1 Å². The van der Waals surface area contributed by atoms with Crippen LogP contribution >= 0.6 is 23.4 Å². The van der Waals surface area contributed by atoms with Gasteiger partial charge in [0.15, 0.2) is 0 Å². The van der Waals surface area contributed by atoms with Gasteiger partial charge in [-0.2, -0.15) is 9.78 Å². The second-order valence-electron chi connectivity index (χ2n) is 6.87. The number of ether oxygens (including phenoxy) is 1. The Balaban J connectivity index is 1.69. The monoisotopic (exact) mass is 457 g/mol. The van der Waals surface area contributed by atoms with Crippen molar-refractivity contribution in [3.63, 3.8) is 0 Å². The lowest BCUT2D eigenvalue weighted by Gasteiger charge is -2.14. The number of nitrogens with one attached hydrogen (secondary N) is 1. The molecular weight excluding hydrogens is 434 g/mol. The first-order valence-corrected chi connectivity index (χ1v) is 11.2. The van der Waals surface area contributed by atoms with Gasteiger partial charge >= 0.3 is 0 Å². The normalized spacial score (nSPS) is 11.7. The summed E-state index contributed by atoms with van der Waals surface area (Å²) in [7, 11) is 0. The lowest BCUT2D eigenvalue weighted by Crippen LogP contribution is -2.31. The van der Waals surface area contributed by atoms with Crippen molar-refractivity contribution in [1.82, 2.24) is 15.1 Å². The minimum Gasteiger partial charge on any atom is -0.494 e. The number of aryl methyl sites for hydroxylation is 1. The molecule has 0 saturated carbocycles. The Hall–Kier alpha value is -2.77. The maximum Gasteiger partial charge on any atom is 0.271 e. The van der Waals surface area contributed by atoms with Crippen LogP contribution in [0.15, 0.2) is 64.4 Å². The fourth-order valence-electron chi connectivity index (χ4n) is 2.86. The predicted octanol–water partition coefficient (Wildman–Crippen LogP) is 4.39. The molecule has 6 nitrogen and oxygen atoms in total. The molecule has 0 aliphatic heterocycles. The molecule has 1 heterocycles. The Morgan fingerprint density at radius 3 is 2.74 bits per heavy atom. The molecule has 31 heavy (non-hydrogen) atoms. The Morgan fingerprint density at radius 1 is 1.23 bits per heavy atom. The Kier molecular flexibility index (Phi) is 7.76. The van der Waals surface area contributed by atoms with Crippen molar-refractivity contribution < 1.29 is 9.53 Å². The lowest BCUT2D eigenvalue weighted by molar-refractivity contribution is -0.120. The summed E-state index contributed by atoms with van der Waals surface area (Å²) in [5.41, 5.74) is 2.14. The second kappa shape index (κ2) is 10.5. The molecule has 3 aromatic rings. The summed E-state index contributed by atoms with van der Waals surface area (Å²) in [5.74, 6) is 0.630. The van der Waals surface area contributed by atoms with Gasteiger partial charge in [0.1, 0.15) is 10.8 Å². The number of para-hydroxylation sites is 1. The number of nitrogens with zero attached hydrogens (tertiary/aromatic N) is 2. The van der Waals surface area contributed by atoms with Gasteiger partial charge in [-0.3, -0.25) is 9.59 Å². The van der Waals surface area contributed by atoms with Crippen molar-refractivity contribution in [2.24, 2.45) is 0 Å². The summed E-state index contributed by atoms with van der Waals surface area (Å²) >= 11 is 7.47. The van der Waals surface area contributed by atoms with E-state index < -0.39 is 5.25 Å². The van der Waals surface area contributed by atoms with Crippen molar-refractivity contribution in [3.8, 4) is 11.4 Å². The van der Waals surface area contributed by atoms with Crippen molar-refractivity contribution in [2.75, 3.05) is 6.61 Å². The molecule has 0 spiro atoms. The molecule has 8 heteroatoms. The van der Waals surface area contributed by atoms with Gasteiger partial charge in [0.25, 0.3) is 5.56 Å². The van der Waals surface area contributed by atoms with E-state index >= 15 is 0 Å². The average Bonchev–Trinajstić information content (AvgIpc) is 2.76. The minimum atomic E-state index is -0.403. The molecule has 1 N–H and O–H groups in total. The van der Waals surface area contributed by atoms with Gasteiger partial charge in [-0.05, 0) is 50.6 Å². The van der Waals surface area contributed by atoms with Crippen LogP contribution in [-0.2, 0) is 11.3 Å². The topological polar surface area (TPSA) is 73.2 Å². The van der Waals surface area contributed by atoms with E-state index in [1.807, 2.05) is 44.2 Å². The Bertz CT molecular complexity index is 1130. The van der Waals surface area contributed by atoms with E-state index in [4.69, 9.17) is 16.3 Å². The molecule has 0 aliphatic carbocycles. The number of hydrogen-bond acceptors (Lipinski definition) is 5. The Morgan fingerprint density at radius 2 is 2.00 bits per heavy atom. The van der Waals surface area contributed by atoms with E-state index in [2.05, 4.69) is 10.4 Å². The van der Waals surface area contributed by atoms with Crippen molar-refractivity contribution in [2.45, 2.75) is 37.6 Å². The molecule has 162 valence electrons. The van der Waals surface area contributed by atoms with Crippen LogP contribution in [0.3, 0.4) is 0 Å². The van der Waals surface area contributed by atoms with Crippen LogP contribution in [0.1, 0.15) is 25.0 Å². The van der Waals surface area contributed by atoms with Crippen LogP contribution < -0.4 is 15.6 Å². The third kappa shape index (κ3) is 5.89. The molecule has 0 fully saturated rings. The quantitative estimate of drug-likeness (QED) is 0.508. The van der Waals surface area contributed by atoms with E-state index in [0.717, 1.165) is 16.9 Å². The van der Waals surface area contributed by atoms with Crippen molar-refractivity contribution in [1.29, 1.82) is 0 Å². The summed E-state index contributed by atoms with van der Waals surface area (Å²) in [6, 6.07) is 16.0. The van der Waals surface area contributed by atoms with E-state index in [0.29, 0.717) is 28.9 Å². The highest BCUT2D eigenvalue weighted by molar-refractivity contribution is 8.00. The third-order valence-electron chi connectivity index (χ3n) is 4.57. The number of benzene rings is 2. The Labute approximate surface area is 190 Å². The highest BCUT2D eigenvalue weighted by atomic mass is 35.5. The zero-order valence-corrected chi connectivity index (χ0v) is 19.2. The lowest BCUT2D eigenvalue weighted by atomic mass is 10.2. The molecule has 3 rings (SSSR count). The van der Waals surface area contributed by atoms with Crippen LogP contribution in [0.4, 0.5) is 0 Å². The molecule has 2 aromatic carbocycles. The fraction of sp³-hybridized carbons (Fsp3) is 0.261. The highest BCUT2D eigenvalue weighted by Crippen LogP contribution is 2.23. The van der Waals surface area contributed by atoms with Crippen molar-refractivity contribution >= 4 is 29.3 Å². The summed E-state index contributed by atoms with van der Waals surface area (Å²) in [5, 5.41) is 8.06. The third-order valence-corrected chi connectivity index (χ3v) is 6.00. The molecule has 1 amide bonds. The number of carbonyl (C=O) groups excluding carboxylic acids is 1. The van der Waals surface area contributed by atoms with Crippen LogP contribution in [0.5, 0.6) is 5.75 Å². The maximum absolute atomic E-state index is 12.6. The zero-order valence-electron chi connectivity index (χ0n) is 17.6. The van der Waals surface area contributed by atoms with Crippen LogP contribution in [0, 0.1) is 6.92 Å². The minimum absolute atomic E-state index is 0.130. The predicted molar refractivity (Wildman–Crippen MR) is 124 cm³/mol. The number of carbonyl (C=O) groups is 1. The molecular formula is C23H24ClN3O3S. The van der Waals surface area contributed by atoms with Gasteiger partial charge in [0.2, 0.25) is 5.91 Å². The van der Waals surface area contributed by atoms with Gasteiger partial charge in [-0.15, -0.1) is 0 Å². The zero-order chi connectivity index (χ0) is 22.4. The van der Waals surface area contributed by atoms with Gasteiger partial charge in [-0.1, -0.05) is 47.6 Å². The number of thioether (sulfide) groups is 1. The molecule has 0 saturated heterocycles. The number of halogens is 1. The molecule has 0 bridgehead atoms. The van der Waals surface area contributed by atoms with Gasteiger partial charge in [0, 0.05) is 23.2 Å². The number of amides is 1. The number of aromatic nitrogens is 2. The largest absolute Gasteiger partial charge is 0.494 e. The van der Waals surface area contributed by atoms with E-state index in [1.165, 1.54) is 22.5 Å². The first-order valence-electron chi connectivity index (χ1n) is 9.91. The van der Waals surface area contributed by atoms with Gasteiger partial charge < -0.3 is 10.1 Å². The van der Waals surface area contributed by atoms with Crippen LogP contribution in [-0.4, -0.2) is 27.5 Å². The van der Waals surface area contributed by atoms with E-state index in [-0.39, 0.29) is 11.5 Å². The molecule has 0 aliphatic rings. The molecule has 1 aromatic heterocycles. The average molecular weight is 458 g/mol. The van der Waals surface area contributed by atoms with E-state index in [9.17, 15) is 9.59 Å². The first kappa shape index (κ1) is 22.9. The summed E-state index contributed by atoms with van der Waals surface area (Å²) in [6.45, 7) is 6.54. The van der Waals surface area contributed by atoms with Gasteiger partial charge in [0.05, 0.1) is 17.5 Å². The summed E-state index contributed by atoms with van der Waals surface area (Å²) < 4.78 is 6.89. The smallest absolute Gasteiger partial charge is 0.271 e. The standard InChI is InChI=1S/C23H24ClN3O3S/c1-4-30-20-8-6-5-7-17(20)14-25-23(29)16(3)31-21-11-12-22(28)27(26-21)18-10-9-15(2)19(24)13-18/h5-13,16H,4,14H2,1-3H3,(H,25,29)/t16-/m0/s1. The summed E-state index contributed by atoms with van der Waals surface area (Å²) in [6.07, 6.45) is 0. The maximum atomic E-state index is 12.6. The van der Waals surface area contributed by atoms with Crippen LogP contribution in [0.2, 0.25) is 5.02 Å². The highest BCUT2D eigenvalue weighted by Gasteiger charge is 2.17. The molecule has 0 unspecified atom stereocenters. The molecule has 1 atom stereocenters. The fourth-order valence-corrected chi connectivity index (χ4v) is 3.87. The summed E-state index contributed by atoms with van der Waals surface area (Å²) in [4.78, 5) is 24.9. The van der Waals surface area contributed by atoms with Crippen molar-refractivity contribution in [3.05, 3.63) is 81.1 Å². The first-order chi connectivity index (χ1) is 14.9. The van der Waals surface area contributed by atoms with Gasteiger partial charge in [-0.25, -0.2) is 0 Å². The van der Waals surface area contributed by atoms with Crippen LogP contribution in [0.25, 0.3) is 5.69 Å². The number of rotatable bonds is 8. The number of hydrogen-bond donors (Lipinski definition) is 1. The second-order valence-corrected chi connectivity index (χ2v) is 8.64. The molecule has 0 radical (unpaired) electrons.